The van der Waals surface area contributed by atoms with Crippen LogP contribution in [0.5, 0.6) is 0 Å². The first-order valence-electron chi connectivity index (χ1n) is 5.56. The van der Waals surface area contributed by atoms with Gasteiger partial charge < -0.3 is 5.11 Å². The third kappa shape index (κ3) is 2.58. The fourth-order valence-electron chi connectivity index (χ4n) is 1.83. The number of carboxylic acid groups (broad SMARTS) is 1. The first-order chi connectivity index (χ1) is 7.68. The molecule has 1 aliphatic carbocycles. The maximum absolute atomic E-state index is 11.0. The van der Waals surface area contributed by atoms with E-state index in [0.717, 1.165) is 18.4 Å². The van der Waals surface area contributed by atoms with Gasteiger partial charge in [-0.05, 0) is 37.5 Å². The lowest BCUT2D eigenvalue weighted by atomic mass is 10.2. The molecule has 1 aromatic heterocycles. The molecule has 1 unspecified atom stereocenters. The molecule has 1 aromatic rings. The topological polar surface area (TPSA) is 53.4 Å². The first-order valence-corrected chi connectivity index (χ1v) is 5.56. The molecule has 1 N–H and O–H groups in total. The lowest BCUT2D eigenvalue weighted by Gasteiger charge is -2.26. The normalized spacial score (nSPS) is 17.4. The third-order valence-corrected chi connectivity index (χ3v) is 2.99. The fraction of sp³-hybridized carbons (Fsp3) is 0.500. The molecule has 4 heteroatoms. The SMILES string of the molecule is CC(C(=O)O)N(Cc1ccncc1)C1CC1. The van der Waals surface area contributed by atoms with E-state index in [1.54, 1.807) is 19.3 Å². The Hall–Kier alpha value is -1.42. The Balaban J connectivity index is 2.06. The predicted octanol–water partition coefficient (Wildman–Crippen LogP) is 1.52. The van der Waals surface area contributed by atoms with E-state index in [9.17, 15) is 4.79 Å². The van der Waals surface area contributed by atoms with E-state index in [-0.39, 0.29) is 0 Å². The van der Waals surface area contributed by atoms with Gasteiger partial charge in [-0.15, -0.1) is 0 Å². The van der Waals surface area contributed by atoms with Gasteiger partial charge in [-0.2, -0.15) is 0 Å². The Kier molecular flexibility index (Phi) is 3.19. The van der Waals surface area contributed by atoms with E-state index in [1.807, 2.05) is 12.1 Å². The van der Waals surface area contributed by atoms with Gasteiger partial charge in [0.05, 0.1) is 0 Å². The largest absolute Gasteiger partial charge is 0.480 e. The van der Waals surface area contributed by atoms with Crippen molar-refractivity contribution in [3.63, 3.8) is 0 Å². The third-order valence-electron chi connectivity index (χ3n) is 2.99. The van der Waals surface area contributed by atoms with Crippen LogP contribution in [-0.4, -0.2) is 33.0 Å². The summed E-state index contributed by atoms with van der Waals surface area (Å²) in [5.74, 6) is -0.749. The average Bonchev–Trinajstić information content (AvgIpc) is 3.10. The van der Waals surface area contributed by atoms with Crippen LogP contribution in [0.3, 0.4) is 0 Å². The molecule has 1 atom stereocenters. The quantitative estimate of drug-likeness (QED) is 0.817. The Morgan fingerprint density at radius 1 is 1.56 bits per heavy atom. The Labute approximate surface area is 94.9 Å². The van der Waals surface area contributed by atoms with Crippen LogP contribution < -0.4 is 0 Å². The van der Waals surface area contributed by atoms with Crippen molar-refractivity contribution >= 4 is 5.97 Å². The van der Waals surface area contributed by atoms with Crippen LogP contribution in [0.2, 0.25) is 0 Å². The smallest absolute Gasteiger partial charge is 0.320 e. The molecular formula is C12H16N2O2. The van der Waals surface area contributed by atoms with Crippen molar-refractivity contribution in [3.8, 4) is 0 Å². The second-order valence-corrected chi connectivity index (χ2v) is 4.27. The van der Waals surface area contributed by atoms with Crippen molar-refractivity contribution in [2.45, 2.75) is 38.4 Å². The van der Waals surface area contributed by atoms with Crippen molar-refractivity contribution in [3.05, 3.63) is 30.1 Å². The molecule has 2 rings (SSSR count). The first kappa shape index (κ1) is 11.1. The van der Waals surface area contributed by atoms with Gasteiger partial charge in [0.15, 0.2) is 0 Å². The van der Waals surface area contributed by atoms with E-state index in [2.05, 4.69) is 9.88 Å². The minimum atomic E-state index is -0.749. The fourth-order valence-corrected chi connectivity index (χ4v) is 1.83. The zero-order valence-electron chi connectivity index (χ0n) is 9.34. The van der Waals surface area contributed by atoms with Crippen molar-refractivity contribution in [2.24, 2.45) is 0 Å². The van der Waals surface area contributed by atoms with Crippen LogP contribution in [0.1, 0.15) is 25.3 Å². The van der Waals surface area contributed by atoms with Crippen LogP contribution in [0.25, 0.3) is 0 Å². The standard InChI is InChI=1S/C12H16N2O2/c1-9(12(15)16)14(11-2-3-11)8-10-4-6-13-7-5-10/h4-7,9,11H,2-3,8H2,1H3,(H,15,16). The molecular weight excluding hydrogens is 204 g/mol. The number of aromatic nitrogens is 1. The maximum atomic E-state index is 11.0. The molecule has 0 radical (unpaired) electrons. The van der Waals surface area contributed by atoms with Gasteiger partial charge in [0.25, 0.3) is 0 Å². The van der Waals surface area contributed by atoms with Crippen molar-refractivity contribution in [2.75, 3.05) is 0 Å². The number of hydrogen-bond acceptors (Lipinski definition) is 3. The van der Waals surface area contributed by atoms with Gasteiger partial charge in [-0.3, -0.25) is 14.7 Å². The Bertz CT molecular complexity index is 363. The summed E-state index contributed by atoms with van der Waals surface area (Å²) in [5.41, 5.74) is 1.12. The van der Waals surface area contributed by atoms with Gasteiger partial charge >= 0.3 is 5.97 Å². The molecule has 1 aliphatic rings. The van der Waals surface area contributed by atoms with Crippen LogP contribution in [-0.2, 0) is 11.3 Å². The summed E-state index contributed by atoms with van der Waals surface area (Å²) in [6, 6.07) is 3.90. The van der Waals surface area contributed by atoms with Crippen molar-refractivity contribution in [1.29, 1.82) is 0 Å². The van der Waals surface area contributed by atoms with Crippen LogP contribution in [0.15, 0.2) is 24.5 Å². The summed E-state index contributed by atoms with van der Waals surface area (Å²) in [6.07, 6.45) is 5.71. The van der Waals surface area contributed by atoms with Gasteiger partial charge in [-0.25, -0.2) is 0 Å². The van der Waals surface area contributed by atoms with E-state index >= 15 is 0 Å². The Morgan fingerprint density at radius 3 is 2.69 bits per heavy atom. The van der Waals surface area contributed by atoms with E-state index in [4.69, 9.17) is 5.11 Å². The molecule has 1 saturated carbocycles. The minimum absolute atomic E-state index is 0.416. The molecule has 16 heavy (non-hydrogen) atoms. The number of aliphatic carboxylic acids is 1. The second-order valence-electron chi connectivity index (χ2n) is 4.27. The predicted molar refractivity (Wildman–Crippen MR) is 59.9 cm³/mol. The number of hydrogen-bond donors (Lipinski definition) is 1. The van der Waals surface area contributed by atoms with Crippen molar-refractivity contribution in [1.82, 2.24) is 9.88 Å². The number of carbonyl (C=O) groups is 1. The minimum Gasteiger partial charge on any atom is -0.480 e. The lowest BCUT2D eigenvalue weighted by Crippen LogP contribution is -2.39. The summed E-state index contributed by atoms with van der Waals surface area (Å²) < 4.78 is 0. The van der Waals surface area contributed by atoms with Crippen molar-refractivity contribution < 1.29 is 9.90 Å². The summed E-state index contributed by atoms with van der Waals surface area (Å²) in [7, 11) is 0. The molecule has 4 nitrogen and oxygen atoms in total. The maximum Gasteiger partial charge on any atom is 0.320 e. The molecule has 1 heterocycles. The number of carboxylic acids is 1. The lowest BCUT2D eigenvalue weighted by molar-refractivity contribution is -0.143. The van der Waals surface area contributed by atoms with E-state index in [0.29, 0.717) is 12.6 Å². The summed E-state index contributed by atoms with van der Waals surface area (Å²) in [4.78, 5) is 17.0. The molecule has 0 aliphatic heterocycles. The van der Waals surface area contributed by atoms with Gasteiger partial charge in [0.1, 0.15) is 6.04 Å². The van der Waals surface area contributed by atoms with E-state index < -0.39 is 12.0 Å². The van der Waals surface area contributed by atoms with Gasteiger partial charge in [0, 0.05) is 25.0 Å². The molecule has 86 valence electrons. The summed E-state index contributed by atoms with van der Waals surface area (Å²) >= 11 is 0. The zero-order valence-corrected chi connectivity index (χ0v) is 9.34. The van der Waals surface area contributed by atoms with Crippen LogP contribution in [0.4, 0.5) is 0 Å². The summed E-state index contributed by atoms with van der Waals surface area (Å²) in [6.45, 7) is 2.45. The van der Waals surface area contributed by atoms with Gasteiger partial charge in [-0.1, -0.05) is 0 Å². The average molecular weight is 220 g/mol. The summed E-state index contributed by atoms with van der Waals surface area (Å²) in [5, 5.41) is 9.05. The molecule has 1 fully saturated rings. The molecule has 0 spiro atoms. The highest BCUT2D eigenvalue weighted by atomic mass is 16.4. The molecule has 0 bridgehead atoms. The van der Waals surface area contributed by atoms with Crippen LogP contribution in [0, 0.1) is 0 Å². The highest BCUT2D eigenvalue weighted by molar-refractivity contribution is 5.73. The van der Waals surface area contributed by atoms with Gasteiger partial charge in [0.2, 0.25) is 0 Å². The molecule has 0 saturated heterocycles. The Morgan fingerprint density at radius 2 is 2.19 bits per heavy atom. The monoisotopic (exact) mass is 220 g/mol. The number of nitrogens with zero attached hydrogens (tertiary/aromatic N) is 2. The number of rotatable bonds is 5. The molecule has 0 amide bonds. The second kappa shape index (κ2) is 4.61. The molecule has 0 aromatic carbocycles. The van der Waals surface area contributed by atoms with E-state index in [1.165, 1.54) is 0 Å². The highest BCUT2D eigenvalue weighted by Gasteiger charge is 2.34. The zero-order chi connectivity index (χ0) is 11.5. The van der Waals surface area contributed by atoms with Crippen LogP contribution >= 0.6 is 0 Å². The highest BCUT2D eigenvalue weighted by Crippen LogP contribution is 2.30. The number of pyridine rings is 1.